The van der Waals surface area contributed by atoms with Gasteiger partial charge in [0.25, 0.3) is 8.32 Å². The third-order valence-corrected chi connectivity index (χ3v) is 10.8. The maximum absolute atomic E-state index is 11.7. The van der Waals surface area contributed by atoms with Crippen molar-refractivity contribution in [3.8, 4) is 0 Å². The van der Waals surface area contributed by atoms with E-state index in [-0.39, 0.29) is 23.2 Å². The summed E-state index contributed by atoms with van der Waals surface area (Å²) in [6, 6.07) is 21.2. The Bertz CT molecular complexity index is 775. The summed E-state index contributed by atoms with van der Waals surface area (Å²) in [5, 5.41) is 2.45. The van der Waals surface area contributed by atoms with Crippen LogP contribution in [0.1, 0.15) is 27.2 Å². The van der Waals surface area contributed by atoms with Gasteiger partial charge in [-0.2, -0.15) is 0 Å². The molecule has 5 heteroatoms. The second-order valence-corrected chi connectivity index (χ2v) is 13.1. The lowest BCUT2D eigenvalue weighted by Gasteiger charge is -2.44. The van der Waals surface area contributed by atoms with E-state index in [0.29, 0.717) is 10.8 Å². The van der Waals surface area contributed by atoms with Crippen LogP contribution in [0.25, 0.3) is 0 Å². The van der Waals surface area contributed by atoms with Gasteiger partial charge in [-0.1, -0.05) is 110 Å². The lowest BCUT2D eigenvalue weighted by atomic mass is 10.2. The van der Waals surface area contributed by atoms with E-state index in [1.165, 1.54) is 10.4 Å². The normalized spacial score (nSPS) is 19.6. The summed E-state index contributed by atoms with van der Waals surface area (Å²) >= 11 is 2.03. The van der Waals surface area contributed by atoms with Crippen LogP contribution >= 0.6 is 22.6 Å². The van der Waals surface area contributed by atoms with Gasteiger partial charge in [0.1, 0.15) is 6.10 Å². The van der Waals surface area contributed by atoms with Crippen molar-refractivity contribution in [2.45, 2.75) is 44.4 Å². The van der Waals surface area contributed by atoms with Crippen molar-refractivity contribution in [3.05, 3.63) is 72.8 Å². The Kier molecular flexibility index (Phi) is 6.78. The van der Waals surface area contributed by atoms with Crippen molar-refractivity contribution >= 4 is 47.3 Å². The maximum atomic E-state index is 11.7. The van der Waals surface area contributed by atoms with E-state index in [1.807, 2.05) is 40.8 Å². The number of benzene rings is 2. The highest BCUT2D eigenvalue weighted by Crippen LogP contribution is 2.38. The molecular weight excluding hydrogens is 479 g/mol. The van der Waals surface area contributed by atoms with Crippen LogP contribution in [-0.2, 0) is 14.0 Å². The Hall–Kier alpha value is -1.44. The fourth-order valence-electron chi connectivity index (χ4n) is 3.93. The largest absolute Gasteiger partial charge is 0.457 e. The first-order valence-corrected chi connectivity index (χ1v) is 13.0. The monoisotopic (exact) mass is 506 g/mol. The van der Waals surface area contributed by atoms with Crippen LogP contribution in [0.4, 0.5) is 0 Å². The van der Waals surface area contributed by atoms with Crippen LogP contribution in [0.3, 0.4) is 0 Å². The molecule has 2 aromatic rings. The SMILES string of the molecule is CC(C)(C)[Si](O[C@@H]1C=C[C@@H](OC(=O)CI)C1)(c1ccccc1)c1ccccc1. The van der Waals surface area contributed by atoms with E-state index < -0.39 is 8.32 Å². The molecule has 0 heterocycles. The average Bonchev–Trinajstić information content (AvgIpc) is 3.13. The molecule has 0 fully saturated rings. The molecule has 0 N–H and O–H groups in total. The quantitative estimate of drug-likeness (QED) is 0.193. The highest BCUT2D eigenvalue weighted by Gasteiger charge is 2.51. The number of carbonyl (C=O) groups excluding carboxylic acids is 1. The van der Waals surface area contributed by atoms with Crippen LogP contribution in [0, 0.1) is 0 Å². The predicted molar refractivity (Wildman–Crippen MR) is 125 cm³/mol. The zero-order valence-electron chi connectivity index (χ0n) is 16.6. The zero-order valence-corrected chi connectivity index (χ0v) is 19.8. The summed E-state index contributed by atoms with van der Waals surface area (Å²) in [6.07, 6.45) is 4.42. The predicted octanol–water partition coefficient (Wildman–Crippen LogP) is 4.24. The Morgan fingerprint density at radius 1 is 0.964 bits per heavy atom. The lowest BCUT2D eigenvalue weighted by Crippen LogP contribution is -2.67. The second kappa shape index (κ2) is 8.92. The van der Waals surface area contributed by atoms with Gasteiger partial charge in [-0.25, -0.2) is 0 Å². The molecule has 0 radical (unpaired) electrons. The molecule has 2 aromatic carbocycles. The van der Waals surface area contributed by atoms with Gasteiger partial charge in [0, 0.05) is 6.42 Å². The van der Waals surface area contributed by atoms with Crippen LogP contribution in [0.15, 0.2) is 72.8 Å². The number of hydrogen-bond donors (Lipinski definition) is 0. The van der Waals surface area contributed by atoms with Gasteiger partial charge in [0.05, 0.1) is 10.5 Å². The highest BCUT2D eigenvalue weighted by molar-refractivity contribution is 14.1. The smallest absolute Gasteiger partial charge is 0.316 e. The van der Waals surface area contributed by atoms with E-state index in [1.54, 1.807) is 0 Å². The van der Waals surface area contributed by atoms with Crippen LogP contribution in [0.5, 0.6) is 0 Å². The molecule has 28 heavy (non-hydrogen) atoms. The fraction of sp³-hybridized carbons (Fsp3) is 0.348. The Labute approximate surface area is 182 Å². The Morgan fingerprint density at radius 2 is 1.46 bits per heavy atom. The van der Waals surface area contributed by atoms with Gasteiger partial charge in [0.15, 0.2) is 0 Å². The van der Waals surface area contributed by atoms with Gasteiger partial charge in [-0.05, 0) is 21.5 Å². The van der Waals surface area contributed by atoms with Crippen LogP contribution in [0.2, 0.25) is 5.04 Å². The van der Waals surface area contributed by atoms with Crippen molar-refractivity contribution in [2.24, 2.45) is 0 Å². The van der Waals surface area contributed by atoms with Crippen molar-refractivity contribution in [1.82, 2.24) is 0 Å². The molecule has 0 spiro atoms. The van der Waals surface area contributed by atoms with Gasteiger partial charge in [-0.3, -0.25) is 4.79 Å². The van der Waals surface area contributed by atoms with Crippen molar-refractivity contribution in [2.75, 3.05) is 4.43 Å². The topological polar surface area (TPSA) is 35.5 Å². The molecule has 1 aliphatic carbocycles. The van der Waals surface area contributed by atoms with E-state index in [9.17, 15) is 4.79 Å². The Morgan fingerprint density at radius 3 is 1.93 bits per heavy atom. The van der Waals surface area contributed by atoms with Crippen LogP contribution in [-0.4, -0.2) is 30.9 Å². The van der Waals surface area contributed by atoms with Crippen molar-refractivity contribution < 1.29 is 14.0 Å². The van der Waals surface area contributed by atoms with Gasteiger partial charge in [-0.15, -0.1) is 0 Å². The molecule has 0 aliphatic heterocycles. The summed E-state index contributed by atoms with van der Waals surface area (Å²) in [5.74, 6) is -0.179. The average molecular weight is 506 g/mol. The molecule has 148 valence electrons. The lowest BCUT2D eigenvalue weighted by molar-refractivity contribution is -0.143. The summed E-state index contributed by atoms with van der Waals surface area (Å²) in [5.41, 5.74) is 0. The van der Waals surface area contributed by atoms with E-state index in [2.05, 4.69) is 75.4 Å². The molecule has 0 bridgehead atoms. The first-order valence-electron chi connectivity index (χ1n) is 9.59. The molecule has 0 aromatic heterocycles. The van der Waals surface area contributed by atoms with Gasteiger partial charge < -0.3 is 9.16 Å². The van der Waals surface area contributed by atoms with E-state index in [4.69, 9.17) is 9.16 Å². The molecular formula is C23H27IO3Si. The standard InChI is InChI=1S/C23H27IO3Si/c1-23(2,3)28(20-10-6-4-7-11-20,21-12-8-5-9-13-21)27-19-15-14-18(16-19)26-22(25)17-24/h4-15,18-19H,16-17H2,1-3H3/t18-,19-/m1/s1. The number of ether oxygens (including phenoxy) is 1. The summed E-state index contributed by atoms with van der Waals surface area (Å²) in [4.78, 5) is 11.7. The maximum Gasteiger partial charge on any atom is 0.316 e. The number of halogens is 1. The first-order chi connectivity index (χ1) is 13.4. The molecule has 1 aliphatic rings. The van der Waals surface area contributed by atoms with Crippen LogP contribution < -0.4 is 10.4 Å². The summed E-state index contributed by atoms with van der Waals surface area (Å²) in [6.45, 7) is 6.81. The van der Waals surface area contributed by atoms with Crippen molar-refractivity contribution in [1.29, 1.82) is 0 Å². The minimum atomic E-state index is -2.59. The molecule has 0 unspecified atom stereocenters. The summed E-state index contributed by atoms with van der Waals surface area (Å²) < 4.78 is 12.9. The second-order valence-electron chi connectivity index (χ2n) is 8.10. The molecule has 3 nitrogen and oxygen atoms in total. The first kappa shape index (κ1) is 21.3. The minimum Gasteiger partial charge on any atom is -0.457 e. The fourth-order valence-corrected chi connectivity index (χ4v) is 8.75. The molecule has 0 saturated carbocycles. The number of esters is 1. The van der Waals surface area contributed by atoms with Crippen molar-refractivity contribution in [3.63, 3.8) is 0 Å². The third-order valence-electron chi connectivity index (χ3n) is 5.14. The van der Waals surface area contributed by atoms with E-state index >= 15 is 0 Å². The number of rotatable bonds is 6. The van der Waals surface area contributed by atoms with Gasteiger partial charge >= 0.3 is 5.97 Å². The Balaban J connectivity index is 1.98. The molecule has 0 amide bonds. The number of alkyl halides is 1. The van der Waals surface area contributed by atoms with E-state index in [0.717, 1.165) is 0 Å². The highest BCUT2D eigenvalue weighted by atomic mass is 127. The minimum absolute atomic E-state index is 0.0689. The zero-order chi connectivity index (χ0) is 20.2. The molecule has 3 rings (SSSR count). The number of carbonyl (C=O) groups is 1. The molecule has 2 atom stereocenters. The summed E-state index contributed by atoms with van der Waals surface area (Å²) in [7, 11) is -2.59. The third kappa shape index (κ3) is 4.42. The van der Waals surface area contributed by atoms with Gasteiger partial charge in [0.2, 0.25) is 0 Å². The number of hydrogen-bond acceptors (Lipinski definition) is 3. The molecule has 0 saturated heterocycles.